The molecule has 1 aromatic heterocycles. The number of nitrogens with zero attached hydrogens (tertiary/aromatic N) is 2. The van der Waals surface area contributed by atoms with Crippen LogP contribution in [0, 0.1) is 17.6 Å². The van der Waals surface area contributed by atoms with E-state index in [2.05, 4.69) is 10.3 Å². The van der Waals surface area contributed by atoms with Gasteiger partial charge in [-0.25, -0.2) is 13.8 Å². The van der Waals surface area contributed by atoms with Crippen LogP contribution in [0.4, 0.5) is 8.78 Å². The summed E-state index contributed by atoms with van der Waals surface area (Å²) in [6, 6.07) is 8.91. The molecule has 1 amide bonds. The Morgan fingerprint density at radius 1 is 1.18 bits per heavy atom. The number of rotatable bonds is 4. The zero-order chi connectivity index (χ0) is 23.6. The molecular formula is C25H22ClF2N3O3. The second-order valence-corrected chi connectivity index (χ2v) is 10.0. The highest BCUT2D eigenvalue weighted by molar-refractivity contribution is 6.30. The van der Waals surface area contributed by atoms with Crippen molar-refractivity contribution >= 4 is 17.5 Å². The van der Waals surface area contributed by atoms with Crippen molar-refractivity contribution in [3.05, 3.63) is 71.1 Å². The van der Waals surface area contributed by atoms with Gasteiger partial charge in [0.1, 0.15) is 5.75 Å². The van der Waals surface area contributed by atoms with Gasteiger partial charge in [-0.05, 0) is 61.6 Å². The highest BCUT2D eigenvalue weighted by Gasteiger charge is 2.58. The van der Waals surface area contributed by atoms with Gasteiger partial charge < -0.3 is 19.7 Å². The van der Waals surface area contributed by atoms with E-state index in [9.17, 15) is 18.7 Å². The Morgan fingerprint density at radius 3 is 2.79 bits per heavy atom. The zero-order valence-electron chi connectivity index (χ0n) is 18.0. The number of aliphatic hydroxyl groups excluding tert-OH is 1. The van der Waals surface area contributed by atoms with E-state index < -0.39 is 23.8 Å². The smallest absolute Gasteiger partial charge is 0.261 e. The summed E-state index contributed by atoms with van der Waals surface area (Å²) in [5.41, 5.74) is 1.37. The average Bonchev–Trinajstić information content (AvgIpc) is 3.49. The SMILES string of the molecule is O=C(NC12CC(C1)[C@@H](n1cnc(-c3ccc(F)c(F)c3)c1)C2)[C@H]1C[C@@H](O)c2cc(Cl)ccc2O1. The minimum atomic E-state index is -0.905. The lowest BCUT2D eigenvalue weighted by Gasteiger charge is -2.40. The Bertz CT molecular complexity index is 1290. The van der Waals surface area contributed by atoms with E-state index in [4.69, 9.17) is 16.3 Å². The molecule has 2 aromatic carbocycles. The fraction of sp³-hybridized carbons (Fsp3) is 0.360. The molecule has 0 unspecified atom stereocenters. The van der Waals surface area contributed by atoms with Crippen LogP contribution in [0.5, 0.6) is 5.75 Å². The van der Waals surface area contributed by atoms with Gasteiger partial charge in [0.25, 0.3) is 5.91 Å². The topological polar surface area (TPSA) is 76.4 Å². The van der Waals surface area contributed by atoms with Gasteiger partial charge in [-0.15, -0.1) is 0 Å². The van der Waals surface area contributed by atoms with Crippen LogP contribution >= 0.6 is 11.6 Å². The van der Waals surface area contributed by atoms with E-state index >= 15 is 0 Å². The summed E-state index contributed by atoms with van der Waals surface area (Å²) < 4.78 is 34.7. The van der Waals surface area contributed by atoms with Gasteiger partial charge in [-0.3, -0.25) is 4.79 Å². The molecule has 0 spiro atoms. The summed E-state index contributed by atoms with van der Waals surface area (Å²) in [7, 11) is 0. The molecule has 0 saturated heterocycles. The Balaban J connectivity index is 1.13. The number of ether oxygens (including phenoxy) is 1. The van der Waals surface area contributed by atoms with E-state index in [-0.39, 0.29) is 23.9 Å². The lowest BCUT2D eigenvalue weighted by atomic mass is 9.76. The quantitative estimate of drug-likeness (QED) is 0.567. The number of amides is 1. The molecule has 3 aliphatic carbocycles. The second kappa shape index (κ2) is 7.78. The van der Waals surface area contributed by atoms with Crippen LogP contribution in [0.3, 0.4) is 0 Å². The largest absolute Gasteiger partial charge is 0.480 e. The number of fused-ring (bicyclic) bond motifs is 2. The number of imidazole rings is 1. The maximum atomic E-state index is 13.6. The number of hydrogen-bond acceptors (Lipinski definition) is 4. The van der Waals surface area contributed by atoms with Crippen LogP contribution in [0.2, 0.25) is 5.02 Å². The molecule has 7 rings (SSSR count). The van der Waals surface area contributed by atoms with Gasteiger partial charge >= 0.3 is 0 Å². The maximum Gasteiger partial charge on any atom is 0.261 e. The van der Waals surface area contributed by atoms with Crippen molar-refractivity contribution in [3.8, 4) is 17.0 Å². The first-order chi connectivity index (χ1) is 16.3. The van der Waals surface area contributed by atoms with Crippen molar-refractivity contribution in [2.75, 3.05) is 0 Å². The molecule has 3 fully saturated rings. The third kappa shape index (κ3) is 3.56. The first-order valence-electron chi connectivity index (χ1n) is 11.3. The first kappa shape index (κ1) is 21.6. The number of aliphatic hydroxyl groups is 1. The number of carbonyl (C=O) groups excluding carboxylic acids is 1. The van der Waals surface area contributed by atoms with Crippen molar-refractivity contribution in [1.29, 1.82) is 0 Å². The lowest BCUT2D eigenvalue weighted by molar-refractivity contribution is -0.133. The molecule has 0 radical (unpaired) electrons. The molecule has 3 saturated carbocycles. The Hall–Kier alpha value is -2.97. The standard InChI is InChI=1S/C25H22ClF2N3O3/c26-15-2-4-22-16(6-15)21(32)7-23(34-22)24(33)30-25-8-14(9-25)20(10-25)31-11-19(29-12-31)13-1-3-17(27)18(28)5-13/h1-6,11-12,14,20-21,23,32H,7-10H2,(H,30,33)/t14?,20-,21+,23+,25?/m0/s1. The monoisotopic (exact) mass is 485 g/mol. The van der Waals surface area contributed by atoms with Crippen LogP contribution < -0.4 is 10.1 Å². The van der Waals surface area contributed by atoms with E-state index in [0.717, 1.165) is 31.4 Å². The van der Waals surface area contributed by atoms with Crippen LogP contribution in [0.1, 0.15) is 43.4 Å². The highest BCUT2D eigenvalue weighted by Crippen LogP contribution is 2.57. The number of carbonyl (C=O) groups is 1. The average molecular weight is 486 g/mol. The van der Waals surface area contributed by atoms with Gasteiger partial charge in [0, 0.05) is 40.3 Å². The summed E-state index contributed by atoms with van der Waals surface area (Å²) in [6.07, 6.45) is 4.58. The van der Waals surface area contributed by atoms with Crippen molar-refractivity contribution in [2.24, 2.45) is 5.92 Å². The fourth-order valence-electron chi connectivity index (χ4n) is 5.69. The number of nitrogens with one attached hydrogen (secondary N) is 1. The van der Waals surface area contributed by atoms with Crippen molar-refractivity contribution < 1.29 is 23.4 Å². The molecular weight excluding hydrogens is 464 g/mol. The van der Waals surface area contributed by atoms with E-state index in [1.807, 2.05) is 10.8 Å². The van der Waals surface area contributed by atoms with Gasteiger partial charge in [0.15, 0.2) is 17.7 Å². The van der Waals surface area contributed by atoms with Crippen LogP contribution in [-0.4, -0.2) is 32.2 Å². The van der Waals surface area contributed by atoms with Gasteiger partial charge in [0.05, 0.1) is 18.1 Å². The molecule has 176 valence electrons. The zero-order valence-corrected chi connectivity index (χ0v) is 18.8. The number of aromatic nitrogens is 2. The van der Waals surface area contributed by atoms with E-state index in [0.29, 0.717) is 33.5 Å². The first-order valence-corrected chi connectivity index (χ1v) is 11.6. The van der Waals surface area contributed by atoms with Crippen LogP contribution in [0.15, 0.2) is 48.9 Å². The minimum Gasteiger partial charge on any atom is -0.480 e. The lowest BCUT2D eigenvalue weighted by Crippen LogP contribution is -2.56. The third-order valence-corrected chi connectivity index (χ3v) is 7.60. The highest BCUT2D eigenvalue weighted by atomic mass is 35.5. The van der Waals surface area contributed by atoms with Crippen molar-refractivity contribution in [1.82, 2.24) is 14.9 Å². The normalized spacial score (nSPS) is 29.2. The van der Waals surface area contributed by atoms with Crippen molar-refractivity contribution in [2.45, 2.75) is 49.5 Å². The molecule has 2 heterocycles. The molecule has 6 nitrogen and oxygen atoms in total. The summed E-state index contributed by atoms with van der Waals surface area (Å²) in [5, 5.41) is 14.2. The minimum absolute atomic E-state index is 0.160. The number of benzene rings is 2. The second-order valence-electron chi connectivity index (χ2n) is 9.58. The molecule has 3 atom stereocenters. The predicted molar refractivity (Wildman–Crippen MR) is 120 cm³/mol. The molecule has 2 bridgehead atoms. The number of hydrogen-bond donors (Lipinski definition) is 2. The summed E-state index contributed by atoms with van der Waals surface area (Å²) >= 11 is 6.01. The van der Waals surface area contributed by atoms with E-state index in [1.165, 1.54) is 6.07 Å². The van der Waals surface area contributed by atoms with Gasteiger partial charge in [-0.1, -0.05) is 11.6 Å². The summed E-state index contributed by atoms with van der Waals surface area (Å²) in [4.78, 5) is 17.4. The molecule has 4 aliphatic rings. The molecule has 34 heavy (non-hydrogen) atoms. The Morgan fingerprint density at radius 2 is 2.00 bits per heavy atom. The molecule has 3 aromatic rings. The molecule has 1 aliphatic heterocycles. The third-order valence-electron chi connectivity index (χ3n) is 7.37. The predicted octanol–water partition coefficient (Wildman–Crippen LogP) is 4.58. The fourth-order valence-corrected chi connectivity index (χ4v) is 5.88. The Labute approximate surface area is 199 Å². The van der Waals surface area contributed by atoms with Crippen LogP contribution in [0.25, 0.3) is 11.3 Å². The maximum absolute atomic E-state index is 13.6. The van der Waals surface area contributed by atoms with Gasteiger partial charge in [-0.2, -0.15) is 0 Å². The van der Waals surface area contributed by atoms with Crippen molar-refractivity contribution in [3.63, 3.8) is 0 Å². The van der Waals surface area contributed by atoms with Crippen LogP contribution in [-0.2, 0) is 4.79 Å². The van der Waals surface area contributed by atoms with E-state index in [1.54, 1.807) is 24.5 Å². The van der Waals surface area contributed by atoms with Gasteiger partial charge in [0.2, 0.25) is 0 Å². The molecule has 2 N–H and O–H groups in total. The molecule has 9 heteroatoms. The summed E-state index contributed by atoms with van der Waals surface area (Å²) in [5.74, 6) is -1.16. The Kier molecular flexibility index (Phi) is 4.93. The summed E-state index contributed by atoms with van der Waals surface area (Å²) in [6.45, 7) is 0. The number of halogens is 3.